The van der Waals surface area contributed by atoms with Crippen LogP contribution in [-0.2, 0) is 4.79 Å². The van der Waals surface area contributed by atoms with E-state index in [4.69, 9.17) is 11.6 Å². The lowest BCUT2D eigenvalue weighted by Gasteiger charge is -2.28. The molecule has 84 valence electrons. The van der Waals surface area contributed by atoms with Crippen molar-refractivity contribution in [3.63, 3.8) is 0 Å². The van der Waals surface area contributed by atoms with Crippen molar-refractivity contribution < 1.29 is 9.90 Å². The monoisotopic (exact) mass is 237 g/mol. The van der Waals surface area contributed by atoms with E-state index in [0.717, 1.165) is 18.5 Å². The molecular weight excluding hydrogens is 226 g/mol. The fourth-order valence-electron chi connectivity index (χ4n) is 2.90. The minimum Gasteiger partial charge on any atom is -0.480 e. The summed E-state index contributed by atoms with van der Waals surface area (Å²) in [6.45, 7) is 0. The topological polar surface area (TPSA) is 40.5 Å². The Morgan fingerprint density at radius 3 is 2.69 bits per heavy atom. The predicted molar refractivity (Wildman–Crippen MR) is 61.9 cm³/mol. The molecule has 1 aliphatic carbocycles. The molecule has 3 aliphatic rings. The second kappa shape index (κ2) is 3.39. The zero-order valence-corrected chi connectivity index (χ0v) is 9.39. The Morgan fingerprint density at radius 1 is 1.38 bits per heavy atom. The zero-order valence-electron chi connectivity index (χ0n) is 8.64. The molecule has 1 saturated carbocycles. The summed E-state index contributed by atoms with van der Waals surface area (Å²) < 4.78 is 0. The van der Waals surface area contributed by atoms with Gasteiger partial charge in [0, 0.05) is 6.04 Å². The highest BCUT2D eigenvalue weighted by molar-refractivity contribution is 6.33. The first-order valence-corrected chi connectivity index (χ1v) is 5.82. The summed E-state index contributed by atoms with van der Waals surface area (Å²) in [6, 6.07) is 7.46. The summed E-state index contributed by atoms with van der Waals surface area (Å²) in [7, 11) is 0. The Bertz CT molecular complexity index is 442. The van der Waals surface area contributed by atoms with E-state index in [1.54, 1.807) is 0 Å². The highest BCUT2D eigenvalue weighted by Crippen LogP contribution is 2.49. The molecule has 0 aromatic heterocycles. The van der Waals surface area contributed by atoms with Crippen molar-refractivity contribution in [1.82, 2.24) is 0 Å². The van der Waals surface area contributed by atoms with Gasteiger partial charge >= 0.3 is 5.97 Å². The van der Waals surface area contributed by atoms with Gasteiger partial charge in [0.1, 0.15) is 6.04 Å². The fourth-order valence-corrected chi connectivity index (χ4v) is 3.13. The van der Waals surface area contributed by atoms with Crippen LogP contribution >= 0.6 is 11.6 Å². The number of anilines is 1. The number of carbonyl (C=O) groups is 1. The molecule has 1 unspecified atom stereocenters. The van der Waals surface area contributed by atoms with Crippen molar-refractivity contribution in [2.45, 2.75) is 24.9 Å². The zero-order chi connectivity index (χ0) is 11.3. The molecule has 2 heterocycles. The predicted octanol–water partition coefficient (Wildman–Crippen LogP) is 2.39. The SMILES string of the molecule is O=C(O)C1C2CC(C2)N1c1ccccc1Cl. The smallest absolute Gasteiger partial charge is 0.326 e. The molecule has 1 N–H and O–H groups in total. The van der Waals surface area contributed by atoms with Gasteiger partial charge in [-0.2, -0.15) is 0 Å². The molecular formula is C12H12ClNO2. The van der Waals surface area contributed by atoms with E-state index < -0.39 is 5.97 Å². The van der Waals surface area contributed by atoms with Crippen LogP contribution in [0.4, 0.5) is 5.69 Å². The van der Waals surface area contributed by atoms with Crippen LogP contribution in [0.1, 0.15) is 12.8 Å². The van der Waals surface area contributed by atoms with E-state index in [1.165, 1.54) is 0 Å². The van der Waals surface area contributed by atoms with Gasteiger partial charge in [0.25, 0.3) is 0 Å². The maximum atomic E-state index is 11.2. The molecule has 2 bridgehead atoms. The molecule has 1 aromatic carbocycles. The highest BCUT2D eigenvalue weighted by Gasteiger charge is 2.54. The van der Waals surface area contributed by atoms with Crippen molar-refractivity contribution in [2.24, 2.45) is 5.92 Å². The molecule has 2 aliphatic heterocycles. The Balaban J connectivity index is 2.01. The number of aliphatic carboxylic acids is 1. The van der Waals surface area contributed by atoms with Crippen LogP contribution < -0.4 is 4.90 Å². The van der Waals surface area contributed by atoms with Crippen LogP contribution in [0.5, 0.6) is 0 Å². The van der Waals surface area contributed by atoms with Crippen LogP contribution in [-0.4, -0.2) is 23.2 Å². The number of para-hydroxylation sites is 1. The number of halogens is 1. The molecule has 16 heavy (non-hydrogen) atoms. The molecule has 4 rings (SSSR count). The van der Waals surface area contributed by atoms with Gasteiger partial charge in [-0.05, 0) is 30.9 Å². The van der Waals surface area contributed by atoms with Crippen molar-refractivity contribution in [3.05, 3.63) is 29.3 Å². The molecule has 0 radical (unpaired) electrons. The summed E-state index contributed by atoms with van der Waals surface area (Å²) in [5, 5.41) is 9.89. The number of fused-ring (bicyclic) bond motifs is 1. The average molecular weight is 238 g/mol. The number of hydrogen-bond acceptors (Lipinski definition) is 2. The summed E-state index contributed by atoms with van der Waals surface area (Å²) >= 11 is 6.12. The van der Waals surface area contributed by atoms with Gasteiger partial charge in [-0.1, -0.05) is 23.7 Å². The maximum Gasteiger partial charge on any atom is 0.326 e. The Kier molecular flexibility index (Phi) is 2.11. The van der Waals surface area contributed by atoms with Crippen LogP contribution in [0, 0.1) is 5.92 Å². The first kappa shape index (κ1) is 9.97. The third-order valence-corrected chi connectivity index (χ3v) is 3.99. The molecule has 0 spiro atoms. The van der Waals surface area contributed by atoms with E-state index in [0.29, 0.717) is 17.0 Å². The molecule has 3 nitrogen and oxygen atoms in total. The lowest BCUT2D eigenvalue weighted by atomic mass is 9.83. The molecule has 3 fully saturated rings. The van der Waals surface area contributed by atoms with Crippen LogP contribution in [0.2, 0.25) is 5.02 Å². The van der Waals surface area contributed by atoms with E-state index in [-0.39, 0.29) is 6.04 Å². The highest BCUT2D eigenvalue weighted by atomic mass is 35.5. The number of carboxylic acids is 1. The quantitative estimate of drug-likeness (QED) is 0.859. The molecule has 1 aromatic rings. The van der Waals surface area contributed by atoms with Gasteiger partial charge in [0.15, 0.2) is 0 Å². The van der Waals surface area contributed by atoms with Crippen molar-refractivity contribution in [1.29, 1.82) is 0 Å². The molecule has 2 saturated heterocycles. The van der Waals surface area contributed by atoms with Gasteiger partial charge in [-0.15, -0.1) is 0 Å². The fraction of sp³-hybridized carbons (Fsp3) is 0.417. The van der Waals surface area contributed by atoms with Crippen molar-refractivity contribution in [3.8, 4) is 0 Å². The third-order valence-electron chi connectivity index (χ3n) is 3.67. The van der Waals surface area contributed by atoms with E-state index in [1.807, 2.05) is 29.2 Å². The van der Waals surface area contributed by atoms with E-state index in [9.17, 15) is 9.90 Å². The van der Waals surface area contributed by atoms with E-state index >= 15 is 0 Å². The summed E-state index contributed by atoms with van der Waals surface area (Å²) in [6.07, 6.45) is 1.98. The lowest BCUT2D eigenvalue weighted by Crippen LogP contribution is -2.36. The van der Waals surface area contributed by atoms with Crippen molar-refractivity contribution >= 4 is 23.3 Å². The number of hydrogen-bond donors (Lipinski definition) is 1. The first-order valence-electron chi connectivity index (χ1n) is 5.44. The molecule has 1 atom stereocenters. The third kappa shape index (κ3) is 1.24. The van der Waals surface area contributed by atoms with Crippen molar-refractivity contribution in [2.75, 3.05) is 4.90 Å². The standard InChI is InChI=1S/C12H12ClNO2/c13-9-3-1-2-4-10(9)14-8-5-7(6-8)11(14)12(15)16/h1-4,7-8,11H,5-6H2,(H,15,16). The summed E-state index contributed by atoms with van der Waals surface area (Å²) in [5.74, 6) is -0.427. The summed E-state index contributed by atoms with van der Waals surface area (Å²) in [4.78, 5) is 13.2. The Morgan fingerprint density at radius 2 is 2.06 bits per heavy atom. The van der Waals surface area contributed by atoms with Gasteiger partial charge in [0.05, 0.1) is 10.7 Å². The van der Waals surface area contributed by atoms with Gasteiger partial charge in [-0.25, -0.2) is 4.79 Å². The van der Waals surface area contributed by atoms with Gasteiger partial charge < -0.3 is 10.0 Å². The number of benzene rings is 1. The average Bonchev–Trinajstić information content (AvgIpc) is 2.71. The maximum absolute atomic E-state index is 11.2. The Hall–Kier alpha value is -1.22. The normalized spacial score (nSPS) is 31.3. The molecule has 0 amide bonds. The van der Waals surface area contributed by atoms with Gasteiger partial charge in [-0.3, -0.25) is 0 Å². The second-order valence-corrected chi connectivity index (χ2v) is 4.93. The Labute approximate surface area is 98.6 Å². The minimum atomic E-state index is -0.732. The van der Waals surface area contributed by atoms with Crippen LogP contribution in [0.3, 0.4) is 0 Å². The number of nitrogens with zero attached hydrogens (tertiary/aromatic N) is 1. The van der Waals surface area contributed by atoms with Crippen LogP contribution in [0.15, 0.2) is 24.3 Å². The lowest BCUT2D eigenvalue weighted by molar-refractivity contribution is -0.139. The minimum absolute atomic E-state index is 0.304. The number of carboxylic acid groups (broad SMARTS) is 1. The molecule has 4 heteroatoms. The summed E-state index contributed by atoms with van der Waals surface area (Å²) in [5.41, 5.74) is 0.863. The second-order valence-electron chi connectivity index (χ2n) is 4.53. The first-order chi connectivity index (χ1) is 7.68. The number of rotatable bonds is 2. The van der Waals surface area contributed by atoms with E-state index in [2.05, 4.69) is 0 Å². The van der Waals surface area contributed by atoms with Crippen LogP contribution in [0.25, 0.3) is 0 Å². The largest absolute Gasteiger partial charge is 0.480 e. The van der Waals surface area contributed by atoms with Gasteiger partial charge in [0.2, 0.25) is 0 Å².